The van der Waals surface area contributed by atoms with Gasteiger partial charge in [0.25, 0.3) is 11.5 Å². The Morgan fingerprint density at radius 1 is 1.02 bits per heavy atom. The van der Waals surface area contributed by atoms with E-state index >= 15 is 4.39 Å². The summed E-state index contributed by atoms with van der Waals surface area (Å²) in [6.45, 7) is 8.45. The van der Waals surface area contributed by atoms with Crippen molar-refractivity contribution in [1.29, 1.82) is 0 Å². The summed E-state index contributed by atoms with van der Waals surface area (Å²) in [5.41, 5.74) is 4.21. The van der Waals surface area contributed by atoms with Crippen molar-refractivity contribution in [2.45, 2.75) is 38.3 Å². The molecule has 3 N–H and O–H groups in total. The minimum atomic E-state index is -0.910. The highest BCUT2D eigenvalue weighted by Crippen LogP contribution is 2.31. The van der Waals surface area contributed by atoms with E-state index in [1.165, 1.54) is 47.3 Å². The Morgan fingerprint density at radius 2 is 1.73 bits per heavy atom. The largest absolute Gasteiger partial charge is 0.453 e. The molecular weight excluding hydrogens is 660 g/mol. The number of pyridine rings is 1. The topological polar surface area (TPSA) is 137 Å². The second-order valence-corrected chi connectivity index (χ2v) is 13.1. The van der Waals surface area contributed by atoms with Crippen LogP contribution in [0.2, 0.25) is 0 Å². The summed E-state index contributed by atoms with van der Waals surface area (Å²) in [5, 5.41) is 2.55. The number of benzene rings is 2. The van der Waals surface area contributed by atoms with Gasteiger partial charge < -0.3 is 25.4 Å². The molecule has 2 aliphatic heterocycles. The van der Waals surface area contributed by atoms with Crippen LogP contribution < -0.4 is 27.0 Å². The van der Waals surface area contributed by atoms with Gasteiger partial charge in [0.1, 0.15) is 28.5 Å². The van der Waals surface area contributed by atoms with Gasteiger partial charge in [-0.05, 0) is 70.1 Å². The van der Waals surface area contributed by atoms with Gasteiger partial charge >= 0.3 is 5.69 Å². The van der Waals surface area contributed by atoms with Crippen LogP contribution in [-0.4, -0.2) is 81.8 Å². The first kappa shape index (κ1) is 35.5. The van der Waals surface area contributed by atoms with Crippen molar-refractivity contribution >= 4 is 17.4 Å². The number of carbonyl (C=O) groups excluding carboxylic acids is 1. The maximum Gasteiger partial charge on any atom is 0.335 e. The average molecular weight is 700 g/mol. The molecule has 0 atom stereocenters. The number of piperazine rings is 1. The lowest BCUT2D eigenvalue weighted by Gasteiger charge is -2.40. The average Bonchev–Trinajstić information content (AvgIpc) is 3.10. The van der Waals surface area contributed by atoms with Crippen LogP contribution in [0.4, 0.5) is 20.3 Å². The number of hydrogen-bond donors (Lipinski definition) is 2. The summed E-state index contributed by atoms with van der Waals surface area (Å²) in [6.07, 6.45) is 3.62. The number of nitrogens with one attached hydrogen (secondary N) is 1. The number of likely N-dealkylation sites (N-methyl/N-ethyl adjacent to an activating group) is 1. The molecule has 0 radical (unpaired) electrons. The Kier molecular flexibility index (Phi) is 10.3. The zero-order valence-electron chi connectivity index (χ0n) is 28.6. The highest BCUT2D eigenvalue weighted by Gasteiger charge is 2.28. The number of halogens is 2. The van der Waals surface area contributed by atoms with Crippen molar-refractivity contribution in [1.82, 2.24) is 23.9 Å². The van der Waals surface area contributed by atoms with Crippen LogP contribution in [0.3, 0.4) is 0 Å². The molecule has 0 spiro atoms. The summed E-state index contributed by atoms with van der Waals surface area (Å²) in [4.78, 5) is 49.4. The molecule has 1 amide bonds. The third-order valence-electron chi connectivity index (χ3n) is 9.17. The summed E-state index contributed by atoms with van der Waals surface area (Å²) in [6, 6.07) is 9.78. The predicted molar refractivity (Wildman–Crippen MR) is 188 cm³/mol. The summed E-state index contributed by atoms with van der Waals surface area (Å²) >= 11 is 0. The fourth-order valence-electron chi connectivity index (χ4n) is 6.08. The second kappa shape index (κ2) is 14.9. The van der Waals surface area contributed by atoms with E-state index in [2.05, 4.69) is 39.0 Å². The van der Waals surface area contributed by atoms with E-state index in [1.54, 1.807) is 0 Å². The van der Waals surface area contributed by atoms with Crippen molar-refractivity contribution in [2.24, 2.45) is 0 Å². The van der Waals surface area contributed by atoms with Crippen LogP contribution in [0.15, 0.2) is 70.5 Å². The first-order valence-corrected chi connectivity index (χ1v) is 16.6. The van der Waals surface area contributed by atoms with Gasteiger partial charge in [-0.3, -0.25) is 19.1 Å². The van der Waals surface area contributed by atoms with Crippen LogP contribution >= 0.6 is 0 Å². The predicted octanol–water partition coefficient (Wildman–Crippen LogP) is 4.03. The van der Waals surface area contributed by atoms with Gasteiger partial charge in [0.05, 0.1) is 11.2 Å². The van der Waals surface area contributed by atoms with Gasteiger partial charge in [0.2, 0.25) is 0 Å². The molecule has 12 nitrogen and oxygen atoms in total. The molecule has 0 aliphatic carbocycles. The van der Waals surface area contributed by atoms with E-state index in [4.69, 9.17) is 15.2 Å². The first-order chi connectivity index (χ1) is 24.4. The van der Waals surface area contributed by atoms with Gasteiger partial charge in [-0.1, -0.05) is 11.8 Å². The molecule has 2 aromatic heterocycles. The summed E-state index contributed by atoms with van der Waals surface area (Å²) < 4.78 is 42.7. The quantitative estimate of drug-likeness (QED) is 0.274. The normalized spacial score (nSPS) is 15.9. The van der Waals surface area contributed by atoms with E-state index in [9.17, 15) is 18.8 Å². The molecular formula is C37H39F2N7O5. The number of ether oxygens (including phenoxy) is 2. The van der Waals surface area contributed by atoms with Gasteiger partial charge in [0, 0.05) is 75.6 Å². The number of amides is 1. The van der Waals surface area contributed by atoms with Crippen LogP contribution in [0.25, 0.3) is 5.69 Å². The molecule has 266 valence electrons. The number of nitrogens with zero attached hydrogens (tertiary/aromatic N) is 5. The van der Waals surface area contributed by atoms with Crippen molar-refractivity contribution in [2.75, 3.05) is 57.5 Å². The molecule has 4 heterocycles. The Bertz CT molecular complexity index is 2110. The summed E-state index contributed by atoms with van der Waals surface area (Å²) in [7, 11) is 2.08. The SMILES string of the molecule is CN1CCN(C(C)(C)C#Cc2c(Oc3ccc(NC(=O)c4cn(C5CCOCC5)c(=O)n(-c5ccc(F)cc5)c4=O)cc3F)ccnc2N)CC1. The lowest BCUT2D eigenvalue weighted by atomic mass is 10.0. The number of nitrogens with two attached hydrogens (primary N) is 1. The molecule has 14 heteroatoms. The number of anilines is 2. The standard InChI is InChI=1S/C37H39F2N7O5/c1-37(2,44-18-16-43(3)17-19-44)14-10-28-31(11-15-41-33(28)40)51-32-9-6-25(22-30(32)39)42-34(47)29-23-45(26-12-20-50-21-13-26)36(49)46(35(29)48)27-7-4-24(38)5-8-27/h4-9,11,15,22-23,26H,12-13,16-21H2,1-3H3,(H2,40,41)(H,42,47). The third kappa shape index (κ3) is 7.86. The van der Waals surface area contributed by atoms with Crippen LogP contribution in [-0.2, 0) is 4.74 Å². The summed E-state index contributed by atoms with van der Waals surface area (Å²) in [5.74, 6) is 4.33. The maximum atomic E-state index is 15.5. The Hall–Kier alpha value is -5.36. The van der Waals surface area contributed by atoms with Crippen molar-refractivity contribution in [3.05, 3.63) is 105 Å². The van der Waals surface area contributed by atoms with E-state index in [0.717, 1.165) is 48.9 Å². The lowest BCUT2D eigenvalue weighted by Crippen LogP contribution is -2.53. The van der Waals surface area contributed by atoms with Gasteiger partial charge in [-0.2, -0.15) is 0 Å². The number of aromatic nitrogens is 3. The Morgan fingerprint density at radius 3 is 2.41 bits per heavy atom. The molecule has 6 rings (SSSR count). The van der Waals surface area contributed by atoms with Crippen molar-refractivity contribution in [3.63, 3.8) is 0 Å². The van der Waals surface area contributed by atoms with E-state index in [-0.39, 0.29) is 40.3 Å². The third-order valence-corrected chi connectivity index (χ3v) is 9.17. The van der Waals surface area contributed by atoms with E-state index < -0.39 is 34.3 Å². The van der Waals surface area contributed by atoms with Crippen LogP contribution in [0.5, 0.6) is 11.5 Å². The maximum absolute atomic E-state index is 15.5. The molecule has 0 unspecified atom stereocenters. The zero-order valence-corrected chi connectivity index (χ0v) is 28.6. The zero-order chi connectivity index (χ0) is 36.3. The highest BCUT2D eigenvalue weighted by atomic mass is 19.1. The minimum absolute atomic E-state index is 0.0320. The molecule has 51 heavy (non-hydrogen) atoms. The molecule has 0 bridgehead atoms. The van der Waals surface area contributed by atoms with Gasteiger partial charge in [0.15, 0.2) is 11.6 Å². The van der Waals surface area contributed by atoms with Gasteiger partial charge in [-0.25, -0.2) is 23.1 Å². The smallest absolute Gasteiger partial charge is 0.335 e. The number of hydrogen-bond acceptors (Lipinski definition) is 9. The van der Waals surface area contributed by atoms with E-state index in [1.807, 2.05) is 13.8 Å². The monoisotopic (exact) mass is 699 g/mol. The minimum Gasteiger partial charge on any atom is -0.453 e. The van der Waals surface area contributed by atoms with E-state index in [0.29, 0.717) is 31.6 Å². The van der Waals surface area contributed by atoms with Crippen LogP contribution in [0.1, 0.15) is 48.7 Å². The van der Waals surface area contributed by atoms with Crippen molar-refractivity contribution < 1.29 is 23.0 Å². The Labute approximate surface area is 293 Å². The molecule has 4 aromatic rings. The van der Waals surface area contributed by atoms with Gasteiger partial charge in [-0.15, -0.1) is 0 Å². The molecule has 2 fully saturated rings. The lowest BCUT2D eigenvalue weighted by molar-refractivity contribution is 0.0679. The second-order valence-electron chi connectivity index (χ2n) is 13.1. The highest BCUT2D eigenvalue weighted by molar-refractivity contribution is 6.03. The van der Waals surface area contributed by atoms with Crippen molar-refractivity contribution in [3.8, 4) is 29.0 Å². The molecule has 2 saturated heterocycles. The number of carbonyl (C=O) groups is 1. The molecule has 2 aromatic carbocycles. The Balaban J connectivity index is 1.25. The fraction of sp³-hybridized carbons (Fsp3) is 0.351. The number of rotatable bonds is 7. The molecule has 0 saturated carbocycles. The number of nitrogen functional groups attached to an aromatic ring is 1. The molecule has 2 aliphatic rings. The first-order valence-electron chi connectivity index (χ1n) is 16.6. The fourth-order valence-corrected chi connectivity index (χ4v) is 6.08. The van der Waals surface area contributed by atoms with Crippen LogP contribution in [0, 0.1) is 23.5 Å².